The Morgan fingerprint density at radius 3 is 2.40 bits per heavy atom. The zero-order chi connectivity index (χ0) is 25.8. The van der Waals surface area contributed by atoms with E-state index in [9.17, 15) is 18.0 Å². The second-order valence-electron chi connectivity index (χ2n) is 7.78. The van der Waals surface area contributed by atoms with Gasteiger partial charge < -0.3 is 19.7 Å². The average Bonchev–Trinajstić information content (AvgIpc) is 2.85. The van der Waals surface area contributed by atoms with Gasteiger partial charge in [-0.3, -0.25) is 13.9 Å². The van der Waals surface area contributed by atoms with Gasteiger partial charge in [0.05, 0.1) is 11.4 Å². The van der Waals surface area contributed by atoms with Crippen LogP contribution in [0.3, 0.4) is 0 Å². The van der Waals surface area contributed by atoms with Crippen LogP contribution in [0.1, 0.15) is 19.4 Å². The number of amides is 2. The van der Waals surface area contributed by atoms with Gasteiger partial charge in [-0.2, -0.15) is 0 Å². The number of carbonyl (C=O) groups excluding carboxylic acids is 2. The Morgan fingerprint density at radius 2 is 1.77 bits per heavy atom. The number of benzene rings is 2. The monoisotopic (exact) mass is 543 g/mol. The summed E-state index contributed by atoms with van der Waals surface area (Å²) in [6.45, 7) is 3.22. The fraction of sp³-hybridized carbons (Fsp3) is 0.391. The number of nitrogens with one attached hydrogen (secondary N) is 1. The largest absolute Gasteiger partial charge is 0.486 e. The normalized spacial score (nSPS) is 13.6. The minimum Gasteiger partial charge on any atom is -0.486 e. The first-order chi connectivity index (χ1) is 16.6. The van der Waals surface area contributed by atoms with E-state index in [-0.39, 0.29) is 18.0 Å². The minimum atomic E-state index is -3.86. The number of ether oxygens (including phenoxy) is 2. The Bertz CT molecular complexity index is 1210. The van der Waals surface area contributed by atoms with E-state index < -0.39 is 34.4 Å². The molecular weight excluding hydrogens is 517 g/mol. The number of sulfonamides is 1. The van der Waals surface area contributed by atoms with Crippen LogP contribution < -0.4 is 19.1 Å². The van der Waals surface area contributed by atoms with Crippen LogP contribution in [-0.4, -0.2) is 63.7 Å². The SMILES string of the molecule is CCS(=O)(=O)N(CC(=O)N(Cc1ccc(Cl)cc1Cl)[C@@H](C)C(=O)NC)c1ccc2c(c1)OCCO2. The maximum atomic E-state index is 13.5. The molecule has 35 heavy (non-hydrogen) atoms. The van der Waals surface area contributed by atoms with Crippen molar-refractivity contribution in [2.75, 3.05) is 36.9 Å². The van der Waals surface area contributed by atoms with Crippen LogP contribution in [-0.2, 0) is 26.2 Å². The highest BCUT2D eigenvalue weighted by Gasteiger charge is 2.31. The van der Waals surface area contributed by atoms with Crippen molar-refractivity contribution in [3.8, 4) is 11.5 Å². The van der Waals surface area contributed by atoms with Crippen molar-refractivity contribution in [2.45, 2.75) is 26.4 Å². The van der Waals surface area contributed by atoms with Crippen molar-refractivity contribution in [2.24, 2.45) is 0 Å². The van der Waals surface area contributed by atoms with Gasteiger partial charge in [-0.05, 0) is 43.7 Å². The molecule has 9 nitrogen and oxygen atoms in total. The average molecular weight is 544 g/mol. The fourth-order valence-electron chi connectivity index (χ4n) is 3.53. The number of nitrogens with zero attached hydrogens (tertiary/aromatic N) is 2. The number of halogens is 2. The predicted octanol–water partition coefficient (Wildman–Crippen LogP) is 3.08. The van der Waals surface area contributed by atoms with Crippen LogP contribution in [0.15, 0.2) is 36.4 Å². The topological polar surface area (TPSA) is 105 Å². The maximum absolute atomic E-state index is 13.5. The van der Waals surface area contributed by atoms with Crippen molar-refractivity contribution in [1.82, 2.24) is 10.2 Å². The molecule has 0 saturated heterocycles. The molecule has 0 fully saturated rings. The number of carbonyl (C=O) groups is 2. The molecule has 0 aliphatic carbocycles. The molecule has 190 valence electrons. The Balaban J connectivity index is 1.96. The first kappa shape index (κ1) is 26.9. The molecule has 12 heteroatoms. The van der Waals surface area contributed by atoms with E-state index in [0.717, 1.165) is 4.31 Å². The van der Waals surface area contributed by atoms with Gasteiger partial charge in [-0.25, -0.2) is 8.42 Å². The molecule has 2 aromatic carbocycles. The van der Waals surface area contributed by atoms with Crippen LogP contribution in [0.4, 0.5) is 5.69 Å². The van der Waals surface area contributed by atoms with Crippen LogP contribution in [0.2, 0.25) is 10.0 Å². The van der Waals surface area contributed by atoms with Gasteiger partial charge >= 0.3 is 0 Å². The number of rotatable bonds is 9. The highest BCUT2D eigenvalue weighted by atomic mass is 35.5. The summed E-state index contributed by atoms with van der Waals surface area (Å²) < 4.78 is 38.1. The lowest BCUT2D eigenvalue weighted by Gasteiger charge is -2.32. The number of likely N-dealkylation sites (N-methyl/N-ethyl adjacent to an activating group) is 1. The number of hydrogen-bond acceptors (Lipinski definition) is 6. The molecule has 2 aromatic rings. The van der Waals surface area contributed by atoms with Crippen LogP contribution in [0.5, 0.6) is 11.5 Å². The number of hydrogen-bond donors (Lipinski definition) is 1. The molecule has 3 rings (SSSR count). The molecular formula is C23H27Cl2N3O6S. The molecule has 0 saturated carbocycles. The molecule has 0 bridgehead atoms. The highest BCUT2D eigenvalue weighted by Crippen LogP contribution is 2.35. The smallest absolute Gasteiger partial charge is 0.244 e. The van der Waals surface area contributed by atoms with E-state index in [2.05, 4.69) is 5.32 Å². The van der Waals surface area contributed by atoms with Crippen LogP contribution in [0, 0.1) is 0 Å². The van der Waals surface area contributed by atoms with Crippen molar-refractivity contribution in [1.29, 1.82) is 0 Å². The molecule has 1 aliphatic heterocycles. The van der Waals surface area contributed by atoms with E-state index in [0.29, 0.717) is 40.3 Å². The Hall–Kier alpha value is -2.69. The number of fused-ring (bicyclic) bond motifs is 1. The summed E-state index contributed by atoms with van der Waals surface area (Å²) in [7, 11) is -2.40. The zero-order valence-electron chi connectivity index (χ0n) is 19.6. The molecule has 0 unspecified atom stereocenters. The number of anilines is 1. The fourth-order valence-corrected chi connectivity index (χ4v) is 5.05. The Labute approximate surface area is 214 Å². The Morgan fingerprint density at radius 1 is 1.09 bits per heavy atom. The second kappa shape index (κ2) is 11.4. The molecule has 0 radical (unpaired) electrons. The summed E-state index contributed by atoms with van der Waals surface area (Å²) in [4.78, 5) is 27.3. The third-order valence-electron chi connectivity index (χ3n) is 5.56. The van der Waals surface area contributed by atoms with Gasteiger partial charge in [-0.1, -0.05) is 29.3 Å². The summed E-state index contributed by atoms with van der Waals surface area (Å²) in [5.41, 5.74) is 0.811. The molecule has 1 aliphatic rings. The van der Waals surface area contributed by atoms with Gasteiger partial charge in [-0.15, -0.1) is 0 Å². The van der Waals surface area contributed by atoms with Crippen LogP contribution >= 0.6 is 23.2 Å². The second-order valence-corrected chi connectivity index (χ2v) is 10.8. The summed E-state index contributed by atoms with van der Waals surface area (Å²) in [6.07, 6.45) is 0. The van der Waals surface area contributed by atoms with Crippen molar-refractivity contribution in [3.63, 3.8) is 0 Å². The lowest BCUT2D eigenvalue weighted by molar-refractivity contribution is -0.139. The third-order valence-corrected chi connectivity index (χ3v) is 7.89. The molecule has 1 heterocycles. The predicted molar refractivity (Wildman–Crippen MR) is 135 cm³/mol. The molecule has 2 amide bonds. The van der Waals surface area contributed by atoms with E-state index in [1.807, 2.05) is 0 Å². The van der Waals surface area contributed by atoms with E-state index in [4.69, 9.17) is 32.7 Å². The maximum Gasteiger partial charge on any atom is 0.244 e. The highest BCUT2D eigenvalue weighted by molar-refractivity contribution is 7.92. The molecule has 1 atom stereocenters. The van der Waals surface area contributed by atoms with Gasteiger partial charge in [0.25, 0.3) is 0 Å². The van der Waals surface area contributed by atoms with E-state index >= 15 is 0 Å². The van der Waals surface area contributed by atoms with Gasteiger partial charge in [0.15, 0.2) is 11.5 Å². The molecule has 0 aromatic heterocycles. The zero-order valence-corrected chi connectivity index (χ0v) is 21.9. The first-order valence-electron chi connectivity index (χ1n) is 10.9. The van der Waals surface area contributed by atoms with Gasteiger partial charge in [0, 0.05) is 29.7 Å². The summed E-state index contributed by atoms with van der Waals surface area (Å²) in [5.74, 6) is -0.344. The molecule has 1 N–H and O–H groups in total. The van der Waals surface area contributed by atoms with Gasteiger partial charge in [0.2, 0.25) is 21.8 Å². The quantitative estimate of drug-likeness (QED) is 0.521. The minimum absolute atomic E-state index is 0.0232. The van der Waals surface area contributed by atoms with Crippen LogP contribution in [0.25, 0.3) is 0 Å². The van der Waals surface area contributed by atoms with E-state index in [1.165, 1.54) is 31.0 Å². The van der Waals surface area contributed by atoms with Crippen molar-refractivity contribution < 1.29 is 27.5 Å². The molecule has 0 spiro atoms. The summed E-state index contributed by atoms with van der Waals surface area (Å²) in [5, 5.41) is 3.27. The summed E-state index contributed by atoms with van der Waals surface area (Å²) in [6, 6.07) is 8.60. The summed E-state index contributed by atoms with van der Waals surface area (Å²) >= 11 is 12.3. The van der Waals surface area contributed by atoms with Crippen molar-refractivity contribution in [3.05, 3.63) is 52.0 Å². The van der Waals surface area contributed by atoms with Crippen molar-refractivity contribution >= 4 is 50.7 Å². The lowest BCUT2D eigenvalue weighted by atomic mass is 10.1. The lowest BCUT2D eigenvalue weighted by Crippen LogP contribution is -2.51. The first-order valence-corrected chi connectivity index (χ1v) is 13.3. The van der Waals surface area contributed by atoms with E-state index in [1.54, 1.807) is 31.2 Å². The third kappa shape index (κ3) is 6.31. The van der Waals surface area contributed by atoms with Gasteiger partial charge in [0.1, 0.15) is 25.8 Å². The standard InChI is InChI=1S/C23H27Cl2N3O6S/c1-4-35(31,32)28(18-7-8-20-21(12-18)34-10-9-33-20)14-22(29)27(15(2)23(30)26-3)13-16-5-6-17(24)11-19(16)25/h5-8,11-12,15H,4,9-10,13-14H2,1-3H3,(H,26,30)/t15-/m0/s1. The Kier molecular flexibility index (Phi) is 8.74.